The standard InChI is InChI=1S/C17H24N2O/c1-11-6-4-5-7-14(11)15-8-16(15)17(20)19-9-12(2)18-13(3)10-19/h4-7,12-13,15-16,18H,8-10H2,1-3H3/t12-,13-,15+,16+/m1/s1. The number of carbonyl (C=O) groups excluding carboxylic acids is 1. The van der Waals surface area contributed by atoms with Crippen LogP contribution in [0.3, 0.4) is 0 Å². The number of carbonyl (C=O) groups is 1. The second-order valence-electron chi connectivity index (χ2n) is 6.52. The summed E-state index contributed by atoms with van der Waals surface area (Å²) in [7, 11) is 0. The molecule has 3 nitrogen and oxygen atoms in total. The van der Waals surface area contributed by atoms with Gasteiger partial charge in [0.2, 0.25) is 5.91 Å². The van der Waals surface area contributed by atoms with Crippen molar-refractivity contribution in [2.75, 3.05) is 13.1 Å². The van der Waals surface area contributed by atoms with E-state index in [0.29, 0.717) is 23.9 Å². The average Bonchev–Trinajstić information content (AvgIpc) is 3.17. The molecule has 1 aromatic carbocycles. The van der Waals surface area contributed by atoms with Crippen molar-refractivity contribution >= 4 is 5.91 Å². The third-order valence-electron chi connectivity index (χ3n) is 4.56. The van der Waals surface area contributed by atoms with E-state index in [-0.39, 0.29) is 5.92 Å². The van der Waals surface area contributed by atoms with Gasteiger partial charge in [-0.15, -0.1) is 0 Å². The minimum atomic E-state index is 0.216. The van der Waals surface area contributed by atoms with Gasteiger partial charge < -0.3 is 10.2 Å². The summed E-state index contributed by atoms with van der Waals surface area (Å²) in [4.78, 5) is 14.7. The van der Waals surface area contributed by atoms with Crippen LogP contribution in [-0.2, 0) is 4.79 Å². The van der Waals surface area contributed by atoms with E-state index in [1.54, 1.807) is 0 Å². The first-order valence-electron chi connectivity index (χ1n) is 7.66. The number of hydrogen-bond acceptors (Lipinski definition) is 2. The lowest BCUT2D eigenvalue weighted by atomic mass is 10.0. The molecular formula is C17H24N2O. The predicted molar refractivity (Wildman–Crippen MR) is 80.7 cm³/mol. The monoisotopic (exact) mass is 272 g/mol. The van der Waals surface area contributed by atoms with Crippen LogP contribution in [0.25, 0.3) is 0 Å². The second kappa shape index (κ2) is 5.21. The number of benzene rings is 1. The van der Waals surface area contributed by atoms with E-state index in [0.717, 1.165) is 19.5 Å². The molecule has 0 aromatic heterocycles. The second-order valence-corrected chi connectivity index (χ2v) is 6.52. The van der Waals surface area contributed by atoms with E-state index in [1.165, 1.54) is 11.1 Å². The minimum Gasteiger partial charge on any atom is -0.339 e. The zero-order valence-electron chi connectivity index (χ0n) is 12.6. The zero-order valence-corrected chi connectivity index (χ0v) is 12.6. The van der Waals surface area contributed by atoms with Crippen LogP contribution >= 0.6 is 0 Å². The molecule has 20 heavy (non-hydrogen) atoms. The Hall–Kier alpha value is -1.35. The first-order valence-corrected chi connectivity index (χ1v) is 7.66. The van der Waals surface area contributed by atoms with Crippen molar-refractivity contribution in [2.24, 2.45) is 5.92 Å². The van der Waals surface area contributed by atoms with Crippen LogP contribution in [0, 0.1) is 12.8 Å². The molecule has 0 unspecified atom stereocenters. The van der Waals surface area contributed by atoms with E-state index in [1.807, 2.05) is 0 Å². The smallest absolute Gasteiger partial charge is 0.226 e. The van der Waals surface area contributed by atoms with Crippen molar-refractivity contribution in [1.82, 2.24) is 10.2 Å². The largest absolute Gasteiger partial charge is 0.339 e. The molecule has 1 amide bonds. The summed E-state index contributed by atoms with van der Waals surface area (Å²) in [5.41, 5.74) is 2.68. The molecule has 1 N–H and O–H groups in total. The van der Waals surface area contributed by atoms with Crippen LogP contribution in [0.1, 0.15) is 37.3 Å². The van der Waals surface area contributed by atoms with E-state index >= 15 is 0 Å². The maximum absolute atomic E-state index is 12.6. The van der Waals surface area contributed by atoms with Crippen LogP contribution in [0.15, 0.2) is 24.3 Å². The Bertz CT molecular complexity index is 503. The van der Waals surface area contributed by atoms with Gasteiger partial charge in [-0.2, -0.15) is 0 Å². The van der Waals surface area contributed by atoms with E-state index in [9.17, 15) is 4.79 Å². The summed E-state index contributed by atoms with van der Waals surface area (Å²) in [6.07, 6.45) is 1.02. The Labute approximate surface area is 121 Å². The van der Waals surface area contributed by atoms with Crippen LogP contribution in [0.5, 0.6) is 0 Å². The number of rotatable bonds is 2. The molecule has 2 aliphatic rings. The number of hydrogen-bond donors (Lipinski definition) is 1. The summed E-state index contributed by atoms with van der Waals surface area (Å²) in [6, 6.07) is 9.27. The van der Waals surface area contributed by atoms with Crippen LogP contribution in [-0.4, -0.2) is 36.0 Å². The SMILES string of the molecule is Cc1ccccc1[C@@H]1C[C@@H]1C(=O)N1C[C@@H](C)N[C@H](C)C1. The zero-order chi connectivity index (χ0) is 14.3. The fourth-order valence-corrected chi connectivity index (χ4v) is 3.56. The average molecular weight is 272 g/mol. The van der Waals surface area contributed by atoms with Crippen molar-refractivity contribution in [3.63, 3.8) is 0 Å². The summed E-state index contributed by atoms with van der Waals surface area (Å²) in [5.74, 6) is 1.02. The molecule has 1 saturated carbocycles. The molecule has 0 spiro atoms. The number of piperazine rings is 1. The quantitative estimate of drug-likeness (QED) is 0.896. The maximum atomic E-state index is 12.6. The molecule has 1 aromatic rings. The van der Waals surface area contributed by atoms with Gasteiger partial charge in [0.05, 0.1) is 0 Å². The molecule has 1 heterocycles. The molecule has 0 bridgehead atoms. The molecule has 2 fully saturated rings. The Kier molecular flexibility index (Phi) is 3.55. The van der Waals surface area contributed by atoms with Crippen molar-refractivity contribution in [2.45, 2.75) is 45.2 Å². The van der Waals surface area contributed by atoms with Gasteiger partial charge in [-0.05, 0) is 44.2 Å². The number of aryl methyl sites for hydroxylation is 1. The molecule has 1 aliphatic heterocycles. The molecule has 1 aliphatic carbocycles. The third-order valence-corrected chi connectivity index (χ3v) is 4.56. The highest BCUT2D eigenvalue weighted by molar-refractivity contribution is 5.83. The summed E-state index contributed by atoms with van der Waals surface area (Å²) in [5, 5.41) is 3.48. The highest BCUT2D eigenvalue weighted by atomic mass is 16.2. The highest BCUT2D eigenvalue weighted by Gasteiger charge is 2.46. The molecule has 108 valence electrons. The van der Waals surface area contributed by atoms with Gasteiger partial charge in [0, 0.05) is 31.1 Å². The van der Waals surface area contributed by atoms with Gasteiger partial charge in [0.25, 0.3) is 0 Å². The van der Waals surface area contributed by atoms with Crippen molar-refractivity contribution in [3.8, 4) is 0 Å². The topological polar surface area (TPSA) is 32.3 Å². The molecular weight excluding hydrogens is 248 g/mol. The van der Waals surface area contributed by atoms with Crippen molar-refractivity contribution in [1.29, 1.82) is 0 Å². The highest BCUT2D eigenvalue weighted by Crippen LogP contribution is 2.49. The molecule has 0 radical (unpaired) electrons. The normalized spacial score (nSPS) is 33.0. The maximum Gasteiger partial charge on any atom is 0.226 e. The summed E-state index contributed by atoms with van der Waals surface area (Å²) < 4.78 is 0. The Balaban J connectivity index is 1.67. The molecule has 4 atom stereocenters. The molecule has 3 rings (SSSR count). The Morgan fingerprint density at radius 2 is 1.85 bits per heavy atom. The third kappa shape index (κ3) is 2.59. The van der Waals surface area contributed by atoms with Gasteiger partial charge in [0.1, 0.15) is 0 Å². The van der Waals surface area contributed by atoms with E-state index in [4.69, 9.17) is 0 Å². The number of amides is 1. The Morgan fingerprint density at radius 3 is 2.50 bits per heavy atom. The fraction of sp³-hybridized carbons (Fsp3) is 0.588. The molecule has 1 saturated heterocycles. The first kappa shape index (κ1) is 13.6. The van der Waals surface area contributed by atoms with Crippen LogP contribution in [0.2, 0.25) is 0 Å². The lowest BCUT2D eigenvalue weighted by Gasteiger charge is -2.36. The Morgan fingerprint density at radius 1 is 1.20 bits per heavy atom. The lowest BCUT2D eigenvalue weighted by Crippen LogP contribution is -2.56. The summed E-state index contributed by atoms with van der Waals surface area (Å²) in [6.45, 7) is 8.15. The summed E-state index contributed by atoms with van der Waals surface area (Å²) >= 11 is 0. The van der Waals surface area contributed by atoms with Crippen molar-refractivity contribution < 1.29 is 4.79 Å². The molecule has 3 heteroatoms. The lowest BCUT2D eigenvalue weighted by molar-refractivity contribution is -0.134. The minimum absolute atomic E-state index is 0.216. The van der Waals surface area contributed by atoms with Gasteiger partial charge in [0.15, 0.2) is 0 Å². The first-order chi connectivity index (χ1) is 9.56. The van der Waals surface area contributed by atoms with E-state index in [2.05, 4.69) is 55.3 Å². The van der Waals surface area contributed by atoms with Crippen LogP contribution < -0.4 is 5.32 Å². The van der Waals surface area contributed by atoms with Gasteiger partial charge >= 0.3 is 0 Å². The number of nitrogens with one attached hydrogen (secondary N) is 1. The fourth-order valence-electron chi connectivity index (χ4n) is 3.56. The number of nitrogens with zero attached hydrogens (tertiary/aromatic N) is 1. The predicted octanol–water partition coefficient (Wildman–Crippen LogP) is 2.31. The van der Waals surface area contributed by atoms with Gasteiger partial charge in [-0.3, -0.25) is 4.79 Å². The van der Waals surface area contributed by atoms with E-state index < -0.39 is 0 Å². The van der Waals surface area contributed by atoms with Crippen LogP contribution in [0.4, 0.5) is 0 Å². The van der Waals surface area contributed by atoms with Gasteiger partial charge in [-0.1, -0.05) is 24.3 Å². The van der Waals surface area contributed by atoms with Gasteiger partial charge in [-0.25, -0.2) is 0 Å². The van der Waals surface area contributed by atoms with Crippen molar-refractivity contribution in [3.05, 3.63) is 35.4 Å².